The van der Waals surface area contributed by atoms with Crippen LogP contribution < -0.4 is 0 Å². The molecule has 0 aromatic heterocycles. The summed E-state index contributed by atoms with van der Waals surface area (Å²) in [5.41, 5.74) is 0.398. The molecule has 0 amide bonds. The Morgan fingerprint density at radius 3 is 2.89 bits per heavy atom. The number of aliphatic hydroxyl groups excluding tert-OH is 1. The fourth-order valence-corrected chi connectivity index (χ4v) is 1.31. The summed E-state index contributed by atoms with van der Waals surface area (Å²) in [5.74, 6) is -0.335. The van der Waals surface area contributed by atoms with Crippen LogP contribution in [0.2, 0.25) is 0 Å². The van der Waals surface area contributed by atoms with Crippen LogP contribution >= 0.6 is 0 Å². The van der Waals surface area contributed by atoms with Gasteiger partial charge in [0.25, 0.3) is 0 Å². The maximum Gasteiger partial charge on any atom is 0.131 e. The Morgan fingerprint density at radius 2 is 2.16 bits per heavy atom. The molecule has 0 spiro atoms. The van der Waals surface area contributed by atoms with E-state index in [4.69, 9.17) is 9.47 Å². The van der Waals surface area contributed by atoms with Crippen molar-refractivity contribution in [2.75, 3.05) is 26.4 Å². The second-order valence-electron chi connectivity index (χ2n) is 3.78. The number of halogens is 1. The van der Waals surface area contributed by atoms with Gasteiger partial charge >= 0.3 is 0 Å². The Morgan fingerprint density at radius 1 is 1.37 bits per heavy atom. The predicted molar refractivity (Wildman–Crippen MR) is 71.8 cm³/mol. The molecule has 1 unspecified atom stereocenters. The van der Waals surface area contributed by atoms with Gasteiger partial charge in [-0.3, -0.25) is 4.99 Å². The molecule has 1 N–H and O–H groups in total. The van der Waals surface area contributed by atoms with Gasteiger partial charge in [-0.15, -0.1) is 0 Å². The van der Waals surface area contributed by atoms with E-state index >= 15 is 0 Å². The topological polar surface area (TPSA) is 51.0 Å². The van der Waals surface area contributed by atoms with Crippen molar-refractivity contribution in [3.8, 4) is 0 Å². The minimum Gasteiger partial charge on any atom is -0.499 e. The maximum absolute atomic E-state index is 13.2. The van der Waals surface area contributed by atoms with Crippen molar-refractivity contribution >= 4 is 6.21 Å². The number of nitrogens with zero attached hydrogens (tertiary/aromatic N) is 1. The number of rotatable bonds is 9. The van der Waals surface area contributed by atoms with Gasteiger partial charge in [-0.25, -0.2) is 4.39 Å². The lowest BCUT2D eigenvalue weighted by Gasteiger charge is -2.08. The number of aliphatic hydroxyl groups is 1. The lowest BCUT2D eigenvalue weighted by Crippen LogP contribution is -2.20. The van der Waals surface area contributed by atoms with Crippen LogP contribution in [0.4, 0.5) is 4.39 Å². The molecule has 4 nitrogen and oxygen atoms in total. The molecule has 0 saturated heterocycles. The third-order valence-electron chi connectivity index (χ3n) is 2.23. The molecular weight excluding hydrogens is 249 g/mol. The van der Waals surface area contributed by atoms with Gasteiger partial charge in [-0.1, -0.05) is 24.8 Å². The van der Waals surface area contributed by atoms with E-state index in [1.54, 1.807) is 18.2 Å². The summed E-state index contributed by atoms with van der Waals surface area (Å²) in [6.07, 6.45) is 2.02. The van der Waals surface area contributed by atoms with Crippen molar-refractivity contribution in [3.63, 3.8) is 0 Å². The third kappa shape index (κ3) is 6.69. The predicted octanol–water partition coefficient (Wildman–Crippen LogP) is 1.78. The highest BCUT2D eigenvalue weighted by Crippen LogP contribution is 2.03. The van der Waals surface area contributed by atoms with Crippen LogP contribution in [0.3, 0.4) is 0 Å². The molecule has 1 rings (SSSR count). The maximum atomic E-state index is 13.2. The quantitative estimate of drug-likeness (QED) is 0.421. The summed E-state index contributed by atoms with van der Waals surface area (Å²) >= 11 is 0. The molecule has 0 aliphatic heterocycles. The van der Waals surface area contributed by atoms with Gasteiger partial charge in [-0.2, -0.15) is 0 Å². The number of hydrogen-bond donors (Lipinski definition) is 1. The van der Waals surface area contributed by atoms with E-state index in [0.29, 0.717) is 18.8 Å². The highest BCUT2D eigenvalue weighted by molar-refractivity contribution is 5.79. The molecule has 0 saturated carbocycles. The van der Waals surface area contributed by atoms with Crippen LogP contribution in [0, 0.1) is 5.82 Å². The molecular formula is C14H18FNO3. The van der Waals surface area contributed by atoms with E-state index in [0.717, 1.165) is 0 Å². The number of hydrogen-bond acceptors (Lipinski definition) is 4. The van der Waals surface area contributed by atoms with Gasteiger partial charge in [0.1, 0.15) is 12.4 Å². The van der Waals surface area contributed by atoms with E-state index in [1.165, 1.54) is 18.5 Å². The molecule has 0 heterocycles. The molecule has 19 heavy (non-hydrogen) atoms. The van der Waals surface area contributed by atoms with Crippen molar-refractivity contribution in [2.45, 2.75) is 6.10 Å². The van der Waals surface area contributed by atoms with Gasteiger partial charge in [0, 0.05) is 11.8 Å². The first-order valence-corrected chi connectivity index (χ1v) is 5.96. The summed E-state index contributed by atoms with van der Waals surface area (Å²) < 4.78 is 23.2. The highest BCUT2D eigenvalue weighted by Gasteiger charge is 2.02. The molecule has 0 fully saturated rings. The first-order valence-electron chi connectivity index (χ1n) is 5.96. The van der Waals surface area contributed by atoms with Crippen molar-refractivity contribution in [1.29, 1.82) is 0 Å². The summed E-state index contributed by atoms with van der Waals surface area (Å²) in [7, 11) is 0. The second kappa shape index (κ2) is 9.24. The van der Waals surface area contributed by atoms with Crippen LogP contribution in [0.1, 0.15) is 5.56 Å². The molecule has 1 aromatic carbocycles. The Labute approximate surface area is 112 Å². The molecule has 104 valence electrons. The zero-order chi connectivity index (χ0) is 13.9. The van der Waals surface area contributed by atoms with Crippen molar-refractivity contribution in [1.82, 2.24) is 0 Å². The average molecular weight is 267 g/mol. The molecule has 0 radical (unpaired) electrons. The van der Waals surface area contributed by atoms with Gasteiger partial charge in [0.2, 0.25) is 0 Å². The van der Waals surface area contributed by atoms with Crippen LogP contribution in [0.15, 0.2) is 42.1 Å². The lowest BCUT2D eigenvalue weighted by atomic mass is 10.2. The minimum absolute atomic E-state index is 0.162. The normalized spacial score (nSPS) is 12.5. The van der Waals surface area contributed by atoms with E-state index in [2.05, 4.69) is 11.6 Å². The zero-order valence-corrected chi connectivity index (χ0v) is 10.7. The molecule has 5 heteroatoms. The Balaban J connectivity index is 2.21. The summed E-state index contributed by atoms with van der Waals surface area (Å²) in [6.45, 7) is 4.49. The summed E-state index contributed by atoms with van der Waals surface area (Å²) in [5, 5.41) is 9.56. The van der Waals surface area contributed by atoms with E-state index in [1.807, 2.05) is 0 Å². The Bertz CT molecular complexity index is 409. The average Bonchev–Trinajstić information content (AvgIpc) is 2.41. The first kappa shape index (κ1) is 15.3. The van der Waals surface area contributed by atoms with E-state index in [-0.39, 0.29) is 19.0 Å². The Hall–Kier alpha value is -1.72. The number of ether oxygens (including phenoxy) is 2. The molecule has 0 aliphatic rings. The van der Waals surface area contributed by atoms with Gasteiger partial charge < -0.3 is 14.6 Å². The van der Waals surface area contributed by atoms with E-state index < -0.39 is 6.10 Å². The van der Waals surface area contributed by atoms with Crippen molar-refractivity contribution in [2.24, 2.45) is 4.99 Å². The van der Waals surface area contributed by atoms with Crippen LogP contribution in [-0.2, 0) is 9.47 Å². The van der Waals surface area contributed by atoms with Gasteiger partial charge in [0.05, 0.1) is 32.1 Å². The molecule has 1 atom stereocenters. The highest BCUT2D eigenvalue weighted by atomic mass is 19.1. The SMILES string of the molecule is C=COCCOCC(O)CN=Cc1ccccc1F. The first-order chi connectivity index (χ1) is 9.24. The van der Waals surface area contributed by atoms with Gasteiger partial charge in [0.15, 0.2) is 0 Å². The van der Waals surface area contributed by atoms with Gasteiger partial charge in [-0.05, 0) is 6.07 Å². The smallest absolute Gasteiger partial charge is 0.131 e. The standard InChI is InChI=1S/C14H18FNO3/c1-2-18-7-8-19-11-13(17)10-16-9-12-5-3-4-6-14(12)15/h2-6,9,13,17H,1,7-8,10-11H2. The third-order valence-corrected chi connectivity index (χ3v) is 2.23. The monoisotopic (exact) mass is 267 g/mol. The summed E-state index contributed by atoms with van der Waals surface area (Å²) in [4.78, 5) is 3.98. The van der Waals surface area contributed by atoms with Crippen LogP contribution in [0.5, 0.6) is 0 Å². The minimum atomic E-state index is -0.716. The van der Waals surface area contributed by atoms with Crippen molar-refractivity contribution in [3.05, 3.63) is 48.5 Å². The van der Waals surface area contributed by atoms with E-state index in [9.17, 15) is 9.50 Å². The molecule has 1 aromatic rings. The fourth-order valence-electron chi connectivity index (χ4n) is 1.31. The fraction of sp³-hybridized carbons (Fsp3) is 0.357. The largest absolute Gasteiger partial charge is 0.499 e. The lowest BCUT2D eigenvalue weighted by molar-refractivity contribution is 0.0229. The summed E-state index contributed by atoms with van der Waals surface area (Å²) in [6, 6.07) is 6.32. The molecule has 0 bridgehead atoms. The molecule has 0 aliphatic carbocycles. The Kier molecular flexibility index (Phi) is 7.46. The van der Waals surface area contributed by atoms with Crippen molar-refractivity contribution < 1.29 is 19.0 Å². The second-order valence-corrected chi connectivity index (χ2v) is 3.78. The number of benzene rings is 1. The zero-order valence-electron chi connectivity index (χ0n) is 10.7. The van der Waals surface area contributed by atoms with Crippen LogP contribution in [0.25, 0.3) is 0 Å². The van der Waals surface area contributed by atoms with Crippen LogP contribution in [-0.4, -0.2) is 43.8 Å². The number of aliphatic imine (C=N–C) groups is 1.